The van der Waals surface area contributed by atoms with Crippen molar-refractivity contribution in [3.63, 3.8) is 0 Å². The third-order valence-electron chi connectivity index (χ3n) is 1.30. The quantitative estimate of drug-likeness (QED) is 0.396. The molecule has 0 N–H and O–H groups in total. The Balaban J connectivity index is 0. The van der Waals surface area contributed by atoms with Gasteiger partial charge in [-0.1, -0.05) is 0 Å². The molecule has 0 atom stereocenters. The smallest absolute Gasteiger partial charge is 0.107 e. The first-order valence-corrected chi connectivity index (χ1v) is 12.2. The molecular weight excluding hydrogens is 467 g/mol. The zero-order chi connectivity index (χ0) is 7.82. The van der Waals surface area contributed by atoms with Crippen LogP contribution in [0.3, 0.4) is 0 Å². The molecule has 0 unspecified atom stereocenters. The van der Waals surface area contributed by atoms with E-state index in [0.717, 1.165) is 0 Å². The molecule has 0 aliphatic heterocycles. The molecule has 0 aliphatic rings. The van der Waals surface area contributed by atoms with Crippen LogP contribution in [-0.2, 0) is 0 Å². The monoisotopic (exact) mass is 483 g/mol. The van der Waals surface area contributed by atoms with Gasteiger partial charge in [-0.05, 0) is 0 Å². The Bertz CT molecular complexity index is 97.0. The Morgan fingerprint density at radius 3 is 1.27 bits per heavy atom. The van der Waals surface area contributed by atoms with Gasteiger partial charge in [-0.2, -0.15) is 0 Å². The molecule has 0 saturated carbocycles. The Morgan fingerprint density at radius 2 is 1.09 bits per heavy atom. The van der Waals surface area contributed by atoms with Crippen molar-refractivity contribution in [2.75, 3.05) is 0 Å². The van der Waals surface area contributed by atoms with E-state index < -0.39 is 33.8 Å². The maximum atomic E-state index is 3.75. The van der Waals surface area contributed by atoms with Crippen molar-refractivity contribution in [3.05, 3.63) is 38.0 Å². The Hall–Kier alpha value is 1.27. The van der Waals surface area contributed by atoms with Gasteiger partial charge >= 0.3 is 78.4 Å². The average Bonchev–Trinajstić information content (AvgIpc) is 1.90. The summed E-state index contributed by atoms with van der Waals surface area (Å²) in [6.07, 6.45) is 6.17. The maximum absolute atomic E-state index is 3.75. The molecule has 0 aromatic heterocycles. The van der Waals surface area contributed by atoms with Crippen LogP contribution < -0.4 is 0 Å². The van der Waals surface area contributed by atoms with Crippen LogP contribution in [0.4, 0.5) is 0 Å². The van der Waals surface area contributed by atoms with E-state index in [-0.39, 0.29) is 24.0 Å². The van der Waals surface area contributed by atoms with Gasteiger partial charge in [-0.25, -0.2) is 0 Å². The second kappa shape index (κ2) is 11.3. The van der Waals surface area contributed by atoms with E-state index in [1.54, 1.807) is 0 Å². The third kappa shape index (κ3) is 9.19. The number of hydrogen-bond acceptors (Lipinski definition) is 0. The summed E-state index contributed by atoms with van der Waals surface area (Å²) < 4.78 is 3.87. The molecule has 2 heteroatoms. The zero-order valence-corrected chi connectivity index (χ0v) is 13.3. The molecule has 0 nitrogen and oxygen atoms in total. The van der Waals surface area contributed by atoms with Gasteiger partial charge in [0, 0.05) is 0 Å². The molecule has 0 aromatic carbocycles. The fraction of sp³-hybridized carbons (Fsp3) is 0.333. The molecule has 0 bridgehead atoms. The molecule has 0 radical (unpaired) electrons. The Morgan fingerprint density at radius 1 is 0.818 bits per heavy atom. The fourth-order valence-electron chi connectivity index (χ4n) is 0.862. The summed E-state index contributed by atoms with van der Waals surface area (Å²) in [5.41, 5.74) is 0. The van der Waals surface area contributed by atoms with Gasteiger partial charge in [0.15, 0.2) is 0 Å². The van der Waals surface area contributed by atoms with Gasteiger partial charge in [0.05, 0.1) is 0 Å². The standard InChI is InChI=1S/3C3H5.HI.Th/c3*1-3-2;;/h3*3H,1-2H2;1H;. The van der Waals surface area contributed by atoms with E-state index in [2.05, 4.69) is 38.0 Å². The van der Waals surface area contributed by atoms with Crippen molar-refractivity contribution < 1.29 is 33.8 Å². The van der Waals surface area contributed by atoms with Crippen molar-refractivity contribution in [3.8, 4) is 0 Å². The second-order valence-corrected chi connectivity index (χ2v) is 13.4. The molecule has 0 amide bonds. The van der Waals surface area contributed by atoms with Gasteiger partial charge < -0.3 is 0 Å². The van der Waals surface area contributed by atoms with Crippen LogP contribution in [0.1, 0.15) is 0 Å². The minimum atomic E-state index is -1.35. The summed E-state index contributed by atoms with van der Waals surface area (Å²) in [5.74, 6) is 0. The number of rotatable bonds is 6. The first-order valence-electron chi connectivity index (χ1n) is 3.51. The fourth-order valence-corrected chi connectivity index (χ4v) is 7.95. The normalized spacial score (nSPS) is 7.64. The van der Waals surface area contributed by atoms with E-state index in [9.17, 15) is 0 Å². The molecule has 63 valence electrons. The summed E-state index contributed by atoms with van der Waals surface area (Å²) in [6.45, 7) is 11.3. The topological polar surface area (TPSA) is 0 Å². The molecule has 0 aromatic rings. The van der Waals surface area contributed by atoms with Crippen LogP contribution in [0.25, 0.3) is 0 Å². The Kier molecular flexibility index (Phi) is 15.1. The molecule has 0 aliphatic carbocycles. The van der Waals surface area contributed by atoms with Gasteiger partial charge in [0.25, 0.3) is 0 Å². The SMILES string of the molecule is C=C[CH2][Th]([CH2]C=C)[CH2]C=C.I. The van der Waals surface area contributed by atoms with Crippen molar-refractivity contribution in [1.29, 1.82) is 0 Å². The van der Waals surface area contributed by atoms with Crippen molar-refractivity contribution in [2.45, 2.75) is 6.60 Å². The predicted molar refractivity (Wildman–Crippen MR) is 60.4 cm³/mol. The summed E-state index contributed by atoms with van der Waals surface area (Å²) in [5, 5.41) is 0. The van der Waals surface area contributed by atoms with Crippen LogP contribution in [0.5, 0.6) is 0 Å². The summed E-state index contributed by atoms with van der Waals surface area (Å²) in [7, 11) is 0. The van der Waals surface area contributed by atoms with Crippen molar-refractivity contribution in [2.24, 2.45) is 0 Å². The molecular formula is C9H16ITh. The Labute approximate surface area is 101 Å². The predicted octanol–water partition coefficient (Wildman–Crippen LogP) is 4.04. The van der Waals surface area contributed by atoms with Crippen LogP contribution in [-0.4, -0.2) is 0 Å². The summed E-state index contributed by atoms with van der Waals surface area (Å²) in [6, 6.07) is 0. The molecule has 0 heterocycles. The van der Waals surface area contributed by atoms with E-state index in [1.165, 1.54) is 6.60 Å². The molecule has 0 saturated heterocycles. The molecule has 11 heavy (non-hydrogen) atoms. The zero-order valence-electron chi connectivity index (χ0n) is 6.88. The minimum absolute atomic E-state index is 0. The average molecular weight is 483 g/mol. The van der Waals surface area contributed by atoms with Crippen LogP contribution in [0, 0.1) is 33.8 Å². The minimum Gasteiger partial charge on any atom is -0.107 e. The van der Waals surface area contributed by atoms with Crippen molar-refractivity contribution in [1.82, 2.24) is 0 Å². The van der Waals surface area contributed by atoms with Gasteiger partial charge in [-0.3, -0.25) is 0 Å². The van der Waals surface area contributed by atoms with E-state index >= 15 is 0 Å². The largest absolute Gasteiger partial charge is 0.107 e. The molecule has 0 spiro atoms. The third-order valence-corrected chi connectivity index (χ3v) is 12.0. The number of allylic oxidation sites excluding steroid dienone is 3. The van der Waals surface area contributed by atoms with E-state index in [4.69, 9.17) is 0 Å². The van der Waals surface area contributed by atoms with Gasteiger partial charge in [-0.15, -0.1) is 24.0 Å². The van der Waals surface area contributed by atoms with Crippen LogP contribution in [0.2, 0.25) is 6.60 Å². The maximum Gasteiger partial charge on any atom is -0.107 e. The van der Waals surface area contributed by atoms with Crippen LogP contribution >= 0.6 is 24.0 Å². The first kappa shape index (κ1) is 14.8. The summed E-state index contributed by atoms with van der Waals surface area (Å²) in [4.78, 5) is 0. The second-order valence-electron chi connectivity index (χ2n) is 2.23. The van der Waals surface area contributed by atoms with E-state index in [0.29, 0.717) is 0 Å². The van der Waals surface area contributed by atoms with Gasteiger partial charge in [0.1, 0.15) is 0 Å². The van der Waals surface area contributed by atoms with E-state index in [1.807, 2.05) is 0 Å². The number of halogens is 1. The van der Waals surface area contributed by atoms with Crippen molar-refractivity contribution >= 4 is 24.0 Å². The summed E-state index contributed by atoms with van der Waals surface area (Å²) >= 11 is -1.35. The number of hydrogen-bond donors (Lipinski definition) is 0. The molecule has 0 fully saturated rings. The van der Waals surface area contributed by atoms with Gasteiger partial charge in [0.2, 0.25) is 0 Å². The van der Waals surface area contributed by atoms with Crippen LogP contribution in [0.15, 0.2) is 38.0 Å². The molecule has 0 rings (SSSR count). The first-order chi connectivity index (χ1) is 4.85.